The number of benzene rings is 5. The zero-order valence-electron chi connectivity index (χ0n) is 32.4. The van der Waals surface area contributed by atoms with Gasteiger partial charge in [-0.3, -0.25) is 19.9 Å². The minimum Gasteiger partial charge on any atom is -0.259 e. The molecule has 0 radical (unpaired) electrons. The van der Waals surface area contributed by atoms with Crippen molar-refractivity contribution in [3.8, 4) is 33.9 Å². The number of aromatic nitrogens is 6. The van der Waals surface area contributed by atoms with Gasteiger partial charge in [-0.2, -0.15) is 0 Å². The summed E-state index contributed by atoms with van der Waals surface area (Å²) in [5.41, 5.74) is 11.5. The molecule has 0 amide bonds. The zero-order valence-corrected chi connectivity index (χ0v) is 32.4. The second-order valence-corrected chi connectivity index (χ2v) is 15.6. The van der Waals surface area contributed by atoms with E-state index in [1.807, 2.05) is 48.9 Å². The fourth-order valence-electron chi connectivity index (χ4n) is 9.37. The quantitative estimate of drug-likeness (QED) is 0.162. The van der Waals surface area contributed by atoms with Gasteiger partial charge in [0.05, 0.1) is 22.2 Å². The van der Waals surface area contributed by atoms with Crippen LogP contribution >= 0.6 is 0 Å². The molecule has 3 aliphatic rings. The van der Waals surface area contributed by atoms with E-state index in [2.05, 4.69) is 139 Å². The number of fused-ring (bicyclic) bond motifs is 8. The molecule has 3 atom stereocenters. The average molecular weight is 770 g/mol. The first-order valence-electron chi connectivity index (χ1n) is 20.4. The van der Waals surface area contributed by atoms with E-state index in [1.165, 1.54) is 11.1 Å². The van der Waals surface area contributed by atoms with Crippen LogP contribution in [0.1, 0.15) is 23.7 Å². The highest BCUT2D eigenvalue weighted by atomic mass is 15.0. The van der Waals surface area contributed by atoms with Gasteiger partial charge in [0, 0.05) is 75.4 Å². The van der Waals surface area contributed by atoms with Gasteiger partial charge < -0.3 is 0 Å². The summed E-state index contributed by atoms with van der Waals surface area (Å²) in [6.07, 6.45) is 22.2. The average Bonchev–Trinajstić information content (AvgIpc) is 3.33. The molecule has 2 aliphatic carbocycles. The van der Waals surface area contributed by atoms with Gasteiger partial charge in [-0.15, -0.1) is 0 Å². The van der Waals surface area contributed by atoms with Crippen LogP contribution in [0.15, 0.2) is 187 Å². The van der Waals surface area contributed by atoms with E-state index in [-0.39, 0.29) is 17.8 Å². The number of allylic oxidation sites excluding steroid dienone is 8. The Morgan fingerprint density at radius 3 is 2.18 bits per heavy atom. The molecule has 7 nitrogen and oxygen atoms in total. The van der Waals surface area contributed by atoms with Crippen LogP contribution in [0.4, 0.5) is 5.69 Å². The van der Waals surface area contributed by atoms with Crippen molar-refractivity contribution < 1.29 is 0 Å². The molecule has 5 heterocycles. The van der Waals surface area contributed by atoms with Crippen molar-refractivity contribution in [3.05, 3.63) is 193 Å². The maximum absolute atomic E-state index is 5.20. The molecule has 0 N–H and O–H groups in total. The molecule has 0 spiro atoms. The molecule has 282 valence electrons. The van der Waals surface area contributed by atoms with Gasteiger partial charge >= 0.3 is 0 Å². The van der Waals surface area contributed by atoms with E-state index < -0.39 is 0 Å². The van der Waals surface area contributed by atoms with Gasteiger partial charge in [0.15, 0.2) is 17.5 Å². The van der Waals surface area contributed by atoms with Crippen LogP contribution in [0.3, 0.4) is 0 Å². The molecule has 0 saturated heterocycles. The Labute approximate surface area is 346 Å². The summed E-state index contributed by atoms with van der Waals surface area (Å²) in [4.78, 5) is 34.4. The van der Waals surface area contributed by atoms with Crippen LogP contribution in [0, 0.1) is 11.8 Å². The van der Waals surface area contributed by atoms with Crippen molar-refractivity contribution in [3.63, 3.8) is 0 Å². The van der Waals surface area contributed by atoms with Crippen LogP contribution in [-0.4, -0.2) is 36.1 Å². The van der Waals surface area contributed by atoms with Crippen molar-refractivity contribution in [2.45, 2.75) is 12.3 Å². The predicted molar refractivity (Wildman–Crippen MR) is 243 cm³/mol. The first-order chi connectivity index (χ1) is 29.7. The summed E-state index contributed by atoms with van der Waals surface area (Å²) in [6, 6.07) is 42.1. The Morgan fingerprint density at radius 1 is 0.533 bits per heavy atom. The number of hydrogen-bond acceptors (Lipinski definition) is 7. The maximum Gasteiger partial charge on any atom is 0.164 e. The van der Waals surface area contributed by atoms with Crippen molar-refractivity contribution in [1.29, 1.82) is 0 Å². The van der Waals surface area contributed by atoms with E-state index in [9.17, 15) is 0 Å². The predicted octanol–water partition coefficient (Wildman–Crippen LogP) is 12.2. The highest BCUT2D eigenvalue weighted by Crippen LogP contribution is 2.47. The third-order valence-corrected chi connectivity index (χ3v) is 12.2. The van der Waals surface area contributed by atoms with E-state index in [4.69, 9.17) is 29.9 Å². The largest absolute Gasteiger partial charge is 0.259 e. The first-order valence-corrected chi connectivity index (χ1v) is 20.4. The zero-order chi connectivity index (χ0) is 39.6. The Hall–Kier alpha value is -7.77. The fourth-order valence-corrected chi connectivity index (χ4v) is 9.37. The van der Waals surface area contributed by atoms with Crippen LogP contribution < -0.4 is 0 Å². The number of nitrogens with zero attached hydrogens (tertiary/aromatic N) is 7. The summed E-state index contributed by atoms with van der Waals surface area (Å²) in [6.45, 7) is 0. The summed E-state index contributed by atoms with van der Waals surface area (Å²) in [7, 11) is 0. The standard InChI is InChI=1S/C53H35N7/c1-2-8-34(9-3-1)51-58-52(37-18-20-39-35(30-37)10-4-14-41(39)43-24-28-56-49-45(43)22-16-32-12-6-26-54-47(32)49)60-53(59-51)38-19-21-40-36(31-38)11-5-15-42(40)44-25-29-57-50-46(44)23-17-33-13-7-27-55-48(33)50/h1-24,26-31,36,40,44H,25H2. The normalized spacial score (nSPS) is 18.1. The first kappa shape index (κ1) is 34.3. The molecule has 1 aliphatic heterocycles. The monoisotopic (exact) mass is 769 g/mol. The molecular weight excluding hydrogens is 735 g/mol. The number of hydrogen-bond donors (Lipinski definition) is 0. The van der Waals surface area contributed by atoms with E-state index in [0.29, 0.717) is 17.5 Å². The molecule has 12 rings (SSSR count). The van der Waals surface area contributed by atoms with Crippen molar-refractivity contribution in [2.24, 2.45) is 16.8 Å². The summed E-state index contributed by atoms with van der Waals surface area (Å²) < 4.78 is 0. The van der Waals surface area contributed by atoms with E-state index in [0.717, 1.165) is 83.4 Å². The molecule has 3 unspecified atom stereocenters. The molecule has 9 aromatic rings. The number of rotatable bonds is 5. The third-order valence-electron chi connectivity index (χ3n) is 12.2. The molecule has 60 heavy (non-hydrogen) atoms. The molecular formula is C53H35N7. The molecule has 0 saturated carbocycles. The fraction of sp³-hybridized carbons (Fsp3) is 0.0755. The third kappa shape index (κ3) is 5.69. The van der Waals surface area contributed by atoms with E-state index in [1.54, 1.807) is 0 Å². The minimum atomic E-state index is 0.156. The number of pyridine rings is 3. The lowest BCUT2D eigenvalue weighted by atomic mass is 9.70. The van der Waals surface area contributed by atoms with Gasteiger partial charge in [-0.05, 0) is 58.1 Å². The number of aliphatic imine (C=N–C) groups is 1. The molecule has 4 aromatic heterocycles. The van der Waals surface area contributed by atoms with Gasteiger partial charge in [0.1, 0.15) is 0 Å². The lowest BCUT2D eigenvalue weighted by molar-refractivity contribution is 0.574. The summed E-state index contributed by atoms with van der Waals surface area (Å²) in [5, 5.41) is 5.50. The second kappa shape index (κ2) is 14.0. The van der Waals surface area contributed by atoms with Crippen LogP contribution in [0.25, 0.3) is 83.0 Å². The van der Waals surface area contributed by atoms with Crippen LogP contribution in [0.5, 0.6) is 0 Å². The Kier molecular flexibility index (Phi) is 7.98. The molecule has 0 bridgehead atoms. The lowest BCUT2D eigenvalue weighted by Crippen LogP contribution is -2.22. The van der Waals surface area contributed by atoms with Gasteiger partial charge in [0.2, 0.25) is 0 Å². The molecule has 5 aromatic carbocycles. The van der Waals surface area contributed by atoms with E-state index >= 15 is 0 Å². The smallest absolute Gasteiger partial charge is 0.164 e. The van der Waals surface area contributed by atoms with Gasteiger partial charge in [-0.1, -0.05) is 139 Å². The Balaban J connectivity index is 0.915. The second-order valence-electron chi connectivity index (χ2n) is 15.6. The topological polar surface area (TPSA) is 89.7 Å². The van der Waals surface area contributed by atoms with Crippen molar-refractivity contribution in [2.75, 3.05) is 0 Å². The molecule has 0 fully saturated rings. The molecule has 7 heteroatoms. The minimum absolute atomic E-state index is 0.156. The Bertz CT molecular complexity index is 3380. The SMILES string of the molecule is C1=CC2C=C(c3nc(-c4ccccc4)nc(-c4ccc5c(-c6ccnc7c6ccc6cccnc67)cccc5c4)n3)C=CC2C(C2CC=Nc3c2ccc2cccnc32)=C1. The lowest BCUT2D eigenvalue weighted by Gasteiger charge is -2.34. The van der Waals surface area contributed by atoms with Crippen molar-refractivity contribution >= 4 is 61.0 Å². The highest BCUT2D eigenvalue weighted by molar-refractivity contribution is 6.11. The Morgan fingerprint density at radius 2 is 1.28 bits per heavy atom. The van der Waals surface area contributed by atoms with Crippen LogP contribution in [-0.2, 0) is 0 Å². The maximum atomic E-state index is 5.20. The van der Waals surface area contributed by atoms with Crippen LogP contribution in [0.2, 0.25) is 0 Å². The summed E-state index contributed by atoms with van der Waals surface area (Å²) >= 11 is 0. The van der Waals surface area contributed by atoms with Gasteiger partial charge in [0.25, 0.3) is 0 Å². The summed E-state index contributed by atoms with van der Waals surface area (Å²) in [5.74, 6) is 2.51. The highest BCUT2D eigenvalue weighted by Gasteiger charge is 2.33. The van der Waals surface area contributed by atoms with Crippen molar-refractivity contribution in [1.82, 2.24) is 29.9 Å². The van der Waals surface area contributed by atoms with Gasteiger partial charge in [-0.25, -0.2) is 15.0 Å².